The molecule has 2 atom stereocenters. The standard InChI is InChI=1S/C27H27NO4/c1-31-25(29)23-18-28(19-24(23)26(30)32-2)27(20-12-6-3-7-13-20,21-14-8-4-9-15-21)22-16-10-5-11-17-22/h3-17,23-24H,18-19H2,1-2H3/t23-,24-/m1/s1. The second-order valence-electron chi connectivity index (χ2n) is 7.97. The van der Waals surface area contributed by atoms with Crippen molar-refractivity contribution < 1.29 is 19.1 Å². The van der Waals surface area contributed by atoms with Crippen LogP contribution in [0.15, 0.2) is 91.0 Å². The molecule has 164 valence electrons. The third kappa shape index (κ3) is 3.69. The van der Waals surface area contributed by atoms with E-state index in [1.807, 2.05) is 54.6 Å². The zero-order valence-corrected chi connectivity index (χ0v) is 18.3. The maximum atomic E-state index is 12.7. The first-order chi connectivity index (χ1) is 15.6. The van der Waals surface area contributed by atoms with Crippen LogP contribution >= 0.6 is 0 Å². The van der Waals surface area contributed by atoms with Gasteiger partial charge in [0.15, 0.2) is 0 Å². The monoisotopic (exact) mass is 429 g/mol. The van der Waals surface area contributed by atoms with Gasteiger partial charge < -0.3 is 9.47 Å². The van der Waals surface area contributed by atoms with Crippen LogP contribution in [0.4, 0.5) is 0 Å². The van der Waals surface area contributed by atoms with Crippen LogP contribution in [0.5, 0.6) is 0 Å². The number of hydrogen-bond donors (Lipinski definition) is 0. The number of carbonyl (C=O) groups is 2. The molecule has 0 bridgehead atoms. The van der Waals surface area contributed by atoms with Gasteiger partial charge in [0.2, 0.25) is 0 Å². The zero-order chi connectivity index (χ0) is 22.6. The first kappa shape index (κ1) is 21.8. The Hall–Kier alpha value is -3.44. The van der Waals surface area contributed by atoms with Gasteiger partial charge in [0.05, 0.1) is 31.6 Å². The van der Waals surface area contributed by atoms with Crippen molar-refractivity contribution >= 4 is 11.9 Å². The van der Waals surface area contributed by atoms with E-state index in [9.17, 15) is 9.59 Å². The molecule has 0 radical (unpaired) electrons. The number of benzene rings is 3. The van der Waals surface area contributed by atoms with Crippen LogP contribution < -0.4 is 0 Å². The minimum atomic E-state index is -0.696. The van der Waals surface area contributed by atoms with Gasteiger partial charge in [-0.2, -0.15) is 0 Å². The molecule has 0 N–H and O–H groups in total. The van der Waals surface area contributed by atoms with Gasteiger partial charge in [-0.05, 0) is 16.7 Å². The smallest absolute Gasteiger partial charge is 0.310 e. The molecule has 3 aromatic carbocycles. The molecular formula is C27H27NO4. The molecule has 0 amide bonds. The molecule has 32 heavy (non-hydrogen) atoms. The van der Waals surface area contributed by atoms with E-state index in [2.05, 4.69) is 41.3 Å². The summed E-state index contributed by atoms with van der Waals surface area (Å²) in [4.78, 5) is 27.6. The first-order valence-corrected chi connectivity index (χ1v) is 10.7. The minimum Gasteiger partial charge on any atom is -0.469 e. The summed E-state index contributed by atoms with van der Waals surface area (Å²) in [7, 11) is 2.72. The maximum Gasteiger partial charge on any atom is 0.310 e. The fourth-order valence-corrected chi connectivity index (χ4v) is 4.94. The number of methoxy groups -OCH3 is 2. The van der Waals surface area contributed by atoms with E-state index in [1.165, 1.54) is 14.2 Å². The Morgan fingerprint density at radius 2 is 0.969 bits per heavy atom. The lowest BCUT2D eigenvalue weighted by Crippen LogP contribution is -2.47. The van der Waals surface area contributed by atoms with Gasteiger partial charge in [0.25, 0.3) is 0 Å². The summed E-state index contributed by atoms with van der Waals surface area (Å²) in [6, 6.07) is 30.6. The highest BCUT2D eigenvalue weighted by Gasteiger charge is 2.52. The Morgan fingerprint density at radius 1 is 0.656 bits per heavy atom. The van der Waals surface area contributed by atoms with E-state index in [0.717, 1.165) is 16.7 Å². The van der Waals surface area contributed by atoms with Gasteiger partial charge in [-0.25, -0.2) is 0 Å². The Bertz CT molecular complexity index is 932. The van der Waals surface area contributed by atoms with Crippen molar-refractivity contribution in [3.63, 3.8) is 0 Å². The molecule has 1 aliphatic rings. The summed E-state index contributed by atoms with van der Waals surface area (Å²) in [5.41, 5.74) is 2.49. The molecular weight excluding hydrogens is 402 g/mol. The summed E-state index contributed by atoms with van der Waals surface area (Å²) >= 11 is 0. The molecule has 0 aromatic heterocycles. The molecule has 5 nitrogen and oxygen atoms in total. The second kappa shape index (κ2) is 9.37. The van der Waals surface area contributed by atoms with Crippen LogP contribution in [0.25, 0.3) is 0 Å². The fraction of sp³-hybridized carbons (Fsp3) is 0.259. The summed E-state index contributed by atoms with van der Waals surface area (Å²) in [5, 5.41) is 0. The lowest BCUT2D eigenvalue weighted by Gasteiger charge is -2.44. The van der Waals surface area contributed by atoms with Crippen LogP contribution in [0.1, 0.15) is 16.7 Å². The average Bonchev–Trinajstić information content (AvgIpc) is 3.31. The molecule has 1 heterocycles. The fourth-order valence-electron chi connectivity index (χ4n) is 4.94. The highest BCUT2D eigenvalue weighted by atomic mass is 16.5. The van der Waals surface area contributed by atoms with E-state index in [4.69, 9.17) is 9.47 Å². The van der Waals surface area contributed by atoms with Crippen LogP contribution in [-0.4, -0.2) is 44.1 Å². The van der Waals surface area contributed by atoms with Gasteiger partial charge in [-0.1, -0.05) is 91.0 Å². The third-order valence-corrected chi connectivity index (χ3v) is 6.38. The number of carbonyl (C=O) groups excluding carboxylic acids is 2. The molecule has 0 spiro atoms. The SMILES string of the molecule is COC(=O)[C@@H]1CN(C(c2ccccc2)(c2ccccc2)c2ccccc2)C[C@H]1C(=O)OC. The number of esters is 2. The molecule has 4 rings (SSSR count). The van der Waals surface area contributed by atoms with Crippen molar-refractivity contribution in [1.82, 2.24) is 4.90 Å². The van der Waals surface area contributed by atoms with E-state index in [1.54, 1.807) is 0 Å². The van der Waals surface area contributed by atoms with Gasteiger partial charge >= 0.3 is 11.9 Å². The summed E-state index contributed by atoms with van der Waals surface area (Å²) in [5.74, 6) is -2.01. The van der Waals surface area contributed by atoms with E-state index in [-0.39, 0.29) is 0 Å². The van der Waals surface area contributed by atoms with Crippen molar-refractivity contribution in [3.8, 4) is 0 Å². The lowest BCUT2D eigenvalue weighted by atomic mass is 9.75. The summed E-state index contributed by atoms with van der Waals surface area (Å²) in [6.45, 7) is 0.732. The number of hydrogen-bond acceptors (Lipinski definition) is 5. The number of nitrogens with zero attached hydrogens (tertiary/aromatic N) is 1. The molecule has 1 saturated heterocycles. The molecule has 0 saturated carbocycles. The highest BCUT2D eigenvalue weighted by Crippen LogP contribution is 2.46. The highest BCUT2D eigenvalue weighted by molar-refractivity contribution is 5.83. The van der Waals surface area contributed by atoms with Gasteiger partial charge in [-0.3, -0.25) is 14.5 Å². The van der Waals surface area contributed by atoms with Crippen molar-refractivity contribution in [2.75, 3.05) is 27.3 Å². The third-order valence-electron chi connectivity index (χ3n) is 6.38. The number of ether oxygens (including phenoxy) is 2. The molecule has 0 unspecified atom stereocenters. The van der Waals surface area contributed by atoms with E-state index in [0.29, 0.717) is 13.1 Å². The van der Waals surface area contributed by atoms with Crippen molar-refractivity contribution in [2.45, 2.75) is 5.54 Å². The van der Waals surface area contributed by atoms with Gasteiger partial charge in [0, 0.05) is 13.1 Å². The van der Waals surface area contributed by atoms with Crippen LogP contribution in [0, 0.1) is 11.8 Å². The normalized spacial score (nSPS) is 18.8. The molecule has 1 fully saturated rings. The first-order valence-electron chi connectivity index (χ1n) is 10.7. The second-order valence-corrected chi connectivity index (χ2v) is 7.97. The average molecular weight is 430 g/mol. The van der Waals surface area contributed by atoms with E-state index >= 15 is 0 Å². The largest absolute Gasteiger partial charge is 0.469 e. The van der Waals surface area contributed by atoms with Gasteiger partial charge in [-0.15, -0.1) is 0 Å². The quantitative estimate of drug-likeness (QED) is 0.440. The summed E-state index contributed by atoms with van der Waals surface area (Å²) < 4.78 is 10.1. The topological polar surface area (TPSA) is 55.8 Å². The molecule has 3 aromatic rings. The predicted octanol–water partition coefficient (Wildman–Crippen LogP) is 3.87. The molecule has 5 heteroatoms. The Morgan fingerprint density at radius 3 is 1.25 bits per heavy atom. The zero-order valence-electron chi connectivity index (χ0n) is 18.3. The minimum absolute atomic E-state index is 0.366. The Kier molecular flexibility index (Phi) is 6.37. The molecule has 1 aliphatic heterocycles. The maximum absolute atomic E-state index is 12.7. The number of likely N-dealkylation sites (tertiary alicyclic amines) is 1. The van der Waals surface area contributed by atoms with Crippen molar-refractivity contribution in [1.29, 1.82) is 0 Å². The van der Waals surface area contributed by atoms with Crippen LogP contribution in [-0.2, 0) is 24.6 Å². The molecule has 0 aliphatic carbocycles. The van der Waals surface area contributed by atoms with Crippen molar-refractivity contribution in [3.05, 3.63) is 108 Å². The predicted molar refractivity (Wildman–Crippen MR) is 122 cm³/mol. The van der Waals surface area contributed by atoms with Gasteiger partial charge in [0.1, 0.15) is 0 Å². The Balaban J connectivity index is 1.96. The number of rotatable bonds is 6. The van der Waals surface area contributed by atoms with Crippen molar-refractivity contribution in [2.24, 2.45) is 11.8 Å². The van der Waals surface area contributed by atoms with Crippen LogP contribution in [0.3, 0.4) is 0 Å². The van der Waals surface area contributed by atoms with Crippen LogP contribution in [0.2, 0.25) is 0 Å². The van der Waals surface area contributed by atoms with E-state index < -0.39 is 29.3 Å². The Labute approximate surface area is 188 Å². The lowest BCUT2D eigenvalue weighted by molar-refractivity contribution is -0.155. The summed E-state index contributed by atoms with van der Waals surface area (Å²) in [6.07, 6.45) is 0.